The third-order valence-corrected chi connectivity index (χ3v) is 4.32. The Morgan fingerprint density at radius 1 is 1.22 bits per heavy atom. The maximum atomic E-state index is 12.1. The molecule has 0 bridgehead atoms. The van der Waals surface area contributed by atoms with Gasteiger partial charge >= 0.3 is 5.97 Å². The molecule has 0 radical (unpaired) electrons. The maximum Gasteiger partial charge on any atom is 0.347 e. The van der Waals surface area contributed by atoms with Gasteiger partial charge in [-0.2, -0.15) is 0 Å². The smallest absolute Gasteiger partial charge is 0.347 e. The molecule has 4 nitrogen and oxygen atoms in total. The third kappa shape index (κ3) is 3.87. The van der Waals surface area contributed by atoms with Gasteiger partial charge in [-0.05, 0) is 43.7 Å². The number of benzene rings is 2. The largest absolute Gasteiger partial charge is 0.479 e. The Balaban J connectivity index is 1.58. The van der Waals surface area contributed by atoms with E-state index in [-0.39, 0.29) is 6.61 Å². The normalized spacial score (nSPS) is 12.1. The molecule has 0 fully saturated rings. The van der Waals surface area contributed by atoms with Crippen molar-refractivity contribution in [2.75, 3.05) is 0 Å². The minimum Gasteiger partial charge on any atom is -0.479 e. The first kappa shape index (κ1) is 15.5. The number of ether oxygens (including phenoxy) is 2. The summed E-state index contributed by atoms with van der Waals surface area (Å²) in [6.45, 7) is 3.83. The first-order valence-electron chi connectivity index (χ1n) is 7.36. The van der Waals surface area contributed by atoms with Crippen LogP contribution in [0.5, 0.6) is 5.75 Å². The molecular formula is C18H17NO3S. The van der Waals surface area contributed by atoms with Gasteiger partial charge in [0.1, 0.15) is 17.4 Å². The van der Waals surface area contributed by atoms with Crippen molar-refractivity contribution >= 4 is 27.5 Å². The highest BCUT2D eigenvalue weighted by atomic mass is 32.1. The van der Waals surface area contributed by atoms with Crippen LogP contribution in [-0.4, -0.2) is 17.1 Å². The number of hydrogen-bond acceptors (Lipinski definition) is 5. The topological polar surface area (TPSA) is 48.4 Å². The van der Waals surface area contributed by atoms with Crippen molar-refractivity contribution in [3.05, 3.63) is 59.1 Å². The molecular weight excluding hydrogens is 310 g/mol. The van der Waals surface area contributed by atoms with Gasteiger partial charge < -0.3 is 9.47 Å². The summed E-state index contributed by atoms with van der Waals surface area (Å²) >= 11 is 1.53. The standard InChI is InChI=1S/C18H17NO3S/c1-12-6-5-7-14(10-12)22-13(2)18(20)21-11-17-19-15-8-3-4-9-16(15)23-17/h3-10,13H,11H2,1-2H3/t13-/m1/s1. The Bertz CT molecular complexity index is 795. The van der Waals surface area contributed by atoms with Crippen molar-refractivity contribution < 1.29 is 14.3 Å². The van der Waals surface area contributed by atoms with Crippen molar-refractivity contribution in [2.24, 2.45) is 0 Å². The molecule has 0 aliphatic carbocycles. The summed E-state index contributed by atoms with van der Waals surface area (Å²) in [5, 5.41) is 0.780. The van der Waals surface area contributed by atoms with Crippen LogP contribution in [0.25, 0.3) is 10.2 Å². The summed E-state index contributed by atoms with van der Waals surface area (Å²) in [7, 11) is 0. The molecule has 5 heteroatoms. The third-order valence-electron chi connectivity index (χ3n) is 3.31. The molecule has 0 aliphatic heterocycles. The van der Waals surface area contributed by atoms with Gasteiger partial charge in [-0.25, -0.2) is 9.78 Å². The number of nitrogens with zero attached hydrogens (tertiary/aromatic N) is 1. The fraction of sp³-hybridized carbons (Fsp3) is 0.222. The minimum absolute atomic E-state index is 0.166. The number of hydrogen-bond donors (Lipinski definition) is 0. The van der Waals surface area contributed by atoms with Crippen molar-refractivity contribution in [3.63, 3.8) is 0 Å². The fourth-order valence-electron chi connectivity index (χ4n) is 2.17. The lowest BCUT2D eigenvalue weighted by Gasteiger charge is -2.13. The molecule has 1 atom stereocenters. The molecule has 3 aromatic rings. The van der Waals surface area contributed by atoms with Crippen molar-refractivity contribution in [3.8, 4) is 5.75 Å². The van der Waals surface area contributed by atoms with E-state index < -0.39 is 12.1 Å². The summed E-state index contributed by atoms with van der Waals surface area (Å²) in [6, 6.07) is 15.4. The molecule has 0 spiro atoms. The summed E-state index contributed by atoms with van der Waals surface area (Å²) in [5.41, 5.74) is 2.00. The monoisotopic (exact) mass is 327 g/mol. The van der Waals surface area contributed by atoms with Crippen LogP contribution in [0.3, 0.4) is 0 Å². The summed E-state index contributed by atoms with van der Waals surface area (Å²) in [4.78, 5) is 16.5. The first-order valence-corrected chi connectivity index (χ1v) is 8.18. The van der Waals surface area contributed by atoms with Crippen LogP contribution in [0, 0.1) is 6.92 Å². The Kier molecular flexibility index (Phi) is 4.57. The zero-order chi connectivity index (χ0) is 16.2. The molecule has 0 unspecified atom stereocenters. The van der Waals surface area contributed by atoms with E-state index >= 15 is 0 Å². The Morgan fingerprint density at radius 2 is 2.04 bits per heavy atom. The summed E-state index contributed by atoms with van der Waals surface area (Å²) in [6.07, 6.45) is -0.661. The quantitative estimate of drug-likeness (QED) is 0.662. The molecule has 0 saturated carbocycles. The van der Waals surface area contributed by atoms with E-state index in [0.29, 0.717) is 5.75 Å². The number of thiazole rings is 1. The average Bonchev–Trinajstić information content (AvgIpc) is 2.95. The van der Waals surface area contributed by atoms with E-state index in [1.54, 1.807) is 6.92 Å². The van der Waals surface area contributed by atoms with Gasteiger partial charge in [0, 0.05) is 0 Å². The number of rotatable bonds is 5. The van der Waals surface area contributed by atoms with Gasteiger partial charge in [0.15, 0.2) is 6.10 Å². The maximum absolute atomic E-state index is 12.1. The Labute approximate surface area is 138 Å². The van der Waals surface area contributed by atoms with E-state index in [1.807, 2.05) is 55.5 Å². The molecule has 0 saturated heterocycles. The SMILES string of the molecule is Cc1cccc(O[C@H](C)C(=O)OCc2nc3ccccc3s2)c1. The van der Waals surface area contributed by atoms with Crippen LogP contribution in [-0.2, 0) is 16.1 Å². The van der Waals surface area contributed by atoms with Crippen LogP contribution in [0.1, 0.15) is 17.5 Å². The van der Waals surface area contributed by atoms with Gasteiger partial charge in [0.25, 0.3) is 0 Å². The molecule has 1 heterocycles. The predicted molar refractivity (Wildman–Crippen MR) is 90.7 cm³/mol. The zero-order valence-electron chi connectivity index (χ0n) is 13.0. The summed E-state index contributed by atoms with van der Waals surface area (Å²) < 4.78 is 12.0. The molecule has 0 N–H and O–H groups in total. The lowest BCUT2D eigenvalue weighted by molar-refractivity contribution is -0.152. The van der Waals surface area contributed by atoms with Crippen molar-refractivity contribution in [2.45, 2.75) is 26.6 Å². The van der Waals surface area contributed by atoms with Gasteiger partial charge in [0.2, 0.25) is 0 Å². The van der Waals surface area contributed by atoms with Crippen LogP contribution < -0.4 is 4.74 Å². The number of carbonyl (C=O) groups is 1. The van der Waals surface area contributed by atoms with Crippen LogP contribution in [0.15, 0.2) is 48.5 Å². The minimum atomic E-state index is -0.661. The predicted octanol–water partition coefficient (Wildman–Crippen LogP) is 4.12. The molecule has 3 rings (SSSR count). The number of para-hydroxylation sites is 1. The molecule has 118 valence electrons. The molecule has 0 amide bonds. The van der Waals surface area contributed by atoms with Crippen molar-refractivity contribution in [1.82, 2.24) is 4.98 Å². The van der Waals surface area contributed by atoms with E-state index in [0.717, 1.165) is 20.8 Å². The highest BCUT2D eigenvalue weighted by Gasteiger charge is 2.17. The Morgan fingerprint density at radius 3 is 2.83 bits per heavy atom. The number of aryl methyl sites for hydroxylation is 1. The van der Waals surface area contributed by atoms with E-state index in [2.05, 4.69) is 4.98 Å². The lowest BCUT2D eigenvalue weighted by Crippen LogP contribution is -2.26. The van der Waals surface area contributed by atoms with Gasteiger partial charge in [0.05, 0.1) is 10.2 Å². The highest BCUT2D eigenvalue weighted by molar-refractivity contribution is 7.18. The second-order valence-corrected chi connectivity index (χ2v) is 6.37. The summed E-state index contributed by atoms with van der Waals surface area (Å²) in [5.74, 6) is 0.264. The van der Waals surface area contributed by atoms with Crippen LogP contribution in [0.4, 0.5) is 0 Å². The average molecular weight is 327 g/mol. The lowest BCUT2D eigenvalue weighted by atomic mass is 10.2. The molecule has 0 aliphatic rings. The van der Waals surface area contributed by atoms with E-state index in [4.69, 9.17) is 9.47 Å². The van der Waals surface area contributed by atoms with E-state index in [9.17, 15) is 4.79 Å². The molecule has 1 aromatic heterocycles. The van der Waals surface area contributed by atoms with Gasteiger partial charge in [-0.1, -0.05) is 24.3 Å². The van der Waals surface area contributed by atoms with Crippen molar-refractivity contribution in [1.29, 1.82) is 0 Å². The zero-order valence-corrected chi connectivity index (χ0v) is 13.8. The van der Waals surface area contributed by atoms with Gasteiger partial charge in [-0.15, -0.1) is 11.3 Å². The molecule has 23 heavy (non-hydrogen) atoms. The molecule has 2 aromatic carbocycles. The number of carbonyl (C=O) groups excluding carboxylic acids is 1. The number of esters is 1. The Hall–Kier alpha value is -2.40. The van der Waals surface area contributed by atoms with E-state index in [1.165, 1.54) is 11.3 Å². The highest BCUT2D eigenvalue weighted by Crippen LogP contribution is 2.22. The van der Waals surface area contributed by atoms with Gasteiger partial charge in [-0.3, -0.25) is 0 Å². The second-order valence-electron chi connectivity index (χ2n) is 5.26. The second kappa shape index (κ2) is 6.79. The number of aromatic nitrogens is 1. The number of fused-ring (bicyclic) bond motifs is 1. The first-order chi connectivity index (χ1) is 11.1. The van der Waals surface area contributed by atoms with Crippen LogP contribution >= 0.6 is 11.3 Å². The van der Waals surface area contributed by atoms with Crippen LogP contribution in [0.2, 0.25) is 0 Å². The fourth-order valence-corrected chi connectivity index (χ4v) is 3.05.